The minimum atomic E-state index is 0.734. The average molecular weight is 221 g/mol. The van der Waals surface area contributed by atoms with Crippen molar-refractivity contribution in [2.45, 2.75) is 39.8 Å². The Labute approximate surface area is 99.0 Å². The summed E-state index contributed by atoms with van der Waals surface area (Å²) in [5.74, 6) is 0. The first-order valence-corrected chi connectivity index (χ1v) is 6.23. The molecule has 0 atom stereocenters. The molecule has 0 amide bonds. The summed E-state index contributed by atoms with van der Waals surface area (Å²) in [5, 5.41) is 3.43. The van der Waals surface area contributed by atoms with Gasteiger partial charge in [0, 0.05) is 13.2 Å². The number of hydrogen-bond donors (Lipinski definition) is 1. The van der Waals surface area contributed by atoms with E-state index in [4.69, 9.17) is 4.74 Å². The predicted octanol–water partition coefficient (Wildman–Crippen LogP) is 3.11. The maximum absolute atomic E-state index is 5.59. The zero-order valence-corrected chi connectivity index (χ0v) is 10.5. The Hall–Kier alpha value is -0.860. The van der Waals surface area contributed by atoms with Crippen molar-refractivity contribution in [3.05, 3.63) is 35.4 Å². The molecule has 1 aromatic rings. The van der Waals surface area contributed by atoms with Crippen LogP contribution in [0, 0.1) is 0 Å². The Balaban J connectivity index is 2.46. The van der Waals surface area contributed by atoms with Crippen molar-refractivity contribution in [3.63, 3.8) is 0 Å². The second-order valence-corrected chi connectivity index (χ2v) is 4.00. The van der Waals surface area contributed by atoms with Gasteiger partial charge in [-0.3, -0.25) is 0 Å². The van der Waals surface area contributed by atoms with E-state index in [2.05, 4.69) is 43.4 Å². The summed E-state index contributed by atoms with van der Waals surface area (Å²) in [6.45, 7) is 7.91. The van der Waals surface area contributed by atoms with Crippen LogP contribution in [0.1, 0.15) is 37.8 Å². The minimum Gasteiger partial charge on any atom is -0.377 e. The van der Waals surface area contributed by atoms with E-state index in [1.54, 1.807) is 0 Å². The first-order chi connectivity index (χ1) is 7.88. The molecular weight excluding hydrogens is 198 g/mol. The van der Waals surface area contributed by atoms with Crippen molar-refractivity contribution >= 4 is 0 Å². The molecule has 0 heterocycles. The van der Waals surface area contributed by atoms with Crippen LogP contribution in [-0.2, 0) is 17.9 Å². The molecular formula is C14H23NO. The maximum Gasteiger partial charge on any atom is 0.0720 e. The molecule has 0 saturated carbocycles. The zero-order valence-electron chi connectivity index (χ0n) is 10.5. The number of ether oxygens (including phenoxy) is 1. The third-order valence-electron chi connectivity index (χ3n) is 2.47. The fourth-order valence-electron chi connectivity index (χ4n) is 1.60. The fourth-order valence-corrected chi connectivity index (χ4v) is 1.60. The van der Waals surface area contributed by atoms with Gasteiger partial charge in [0.15, 0.2) is 0 Å². The number of benzene rings is 1. The van der Waals surface area contributed by atoms with Gasteiger partial charge in [-0.15, -0.1) is 0 Å². The molecule has 90 valence electrons. The molecule has 0 bridgehead atoms. The van der Waals surface area contributed by atoms with Crippen LogP contribution in [0.4, 0.5) is 0 Å². The Morgan fingerprint density at radius 3 is 2.50 bits per heavy atom. The Morgan fingerprint density at radius 1 is 1.06 bits per heavy atom. The first kappa shape index (κ1) is 13.2. The Morgan fingerprint density at radius 2 is 1.81 bits per heavy atom. The molecule has 0 aromatic heterocycles. The van der Waals surface area contributed by atoms with Crippen molar-refractivity contribution in [3.8, 4) is 0 Å². The molecule has 2 heteroatoms. The van der Waals surface area contributed by atoms with Crippen molar-refractivity contribution < 1.29 is 4.74 Å². The van der Waals surface area contributed by atoms with E-state index in [0.29, 0.717) is 0 Å². The molecule has 0 aliphatic rings. The monoisotopic (exact) mass is 221 g/mol. The maximum atomic E-state index is 5.59. The second-order valence-electron chi connectivity index (χ2n) is 4.00. The van der Waals surface area contributed by atoms with Gasteiger partial charge in [-0.2, -0.15) is 0 Å². The summed E-state index contributed by atoms with van der Waals surface area (Å²) < 4.78 is 5.59. The van der Waals surface area contributed by atoms with E-state index < -0.39 is 0 Å². The molecule has 0 aliphatic carbocycles. The quantitative estimate of drug-likeness (QED) is 0.681. The normalized spacial score (nSPS) is 10.6. The summed E-state index contributed by atoms with van der Waals surface area (Å²) in [6.07, 6.45) is 2.25. The van der Waals surface area contributed by atoms with Crippen molar-refractivity contribution in [2.24, 2.45) is 0 Å². The third kappa shape index (κ3) is 4.77. The lowest BCUT2D eigenvalue weighted by Crippen LogP contribution is -2.15. The summed E-state index contributed by atoms with van der Waals surface area (Å²) in [7, 11) is 0. The van der Waals surface area contributed by atoms with Crippen LogP contribution in [0.2, 0.25) is 0 Å². The average Bonchev–Trinajstić information content (AvgIpc) is 2.32. The van der Waals surface area contributed by atoms with Gasteiger partial charge in [0.25, 0.3) is 0 Å². The molecule has 0 unspecified atom stereocenters. The SMILES string of the molecule is CCCNCc1ccccc1COCCC. The lowest BCUT2D eigenvalue weighted by Gasteiger charge is -2.10. The number of rotatable bonds is 8. The largest absolute Gasteiger partial charge is 0.377 e. The second kappa shape index (κ2) is 8.31. The predicted molar refractivity (Wildman–Crippen MR) is 68.4 cm³/mol. The first-order valence-electron chi connectivity index (χ1n) is 6.23. The molecule has 2 nitrogen and oxygen atoms in total. The third-order valence-corrected chi connectivity index (χ3v) is 2.47. The summed E-state index contributed by atoms with van der Waals surface area (Å²) in [4.78, 5) is 0. The summed E-state index contributed by atoms with van der Waals surface area (Å²) in [5.41, 5.74) is 2.66. The molecule has 1 aromatic carbocycles. The van der Waals surface area contributed by atoms with E-state index in [1.807, 2.05) is 0 Å². The van der Waals surface area contributed by atoms with Crippen LogP contribution in [0.25, 0.3) is 0 Å². The highest BCUT2D eigenvalue weighted by Crippen LogP contribution is 2.10. The van der Waals surface area contributed by atoms with Gasteiger partial charge in [0.2, 0.25) is 0 Å². The standard InChI is InChI=1S/C14H23NO/c1-3-9-15-11-13-7-5-6-8-14(13)12-16-10-4-2/h5-8,15H,3-4,9-12H2,1-2H3. The van der Waals surface area contributed by atoms with Gasteiger partial charge in [-0.1, -0.05) is 38.1 Å². The zero-order chi connectivity index (χ0) is 11.6. The van der Waals surface area contributed by atoms with E-state index in [9.17, 15) is 0 Å². The highest BCUT2D eigenvalue weighted by atomic mass is 16.5. The highest BCUT2D eigenvalue weighted by Gasteiger charge is 2.00. The van der Waals surface area contributed by atoms with Crippen LogP contribution in [-0.4, -0.2) is 13.2 Å². The minimum absolute atomic E-state index is 0.734. The van der Waals surface area contributed by atoms with Crippen molar-refractivity contribution in [1.82, 2.24) is 5.32 Å². The van der Waals surface area contributed by atoms with Crippen molar-refractivity contribution in [2.75, 3.05) is 13.2 Å². The molecule has 16 heavy (non-hydrogen) atoms. The summed E-state index contributed by atoms with van der Waals surface area (Å²) >= 11 is 0. The fraction of sp³-hybridized carbons (Fsp3) is 0.571. The molecule has 0 aliphatic heterocycles. The number of nitrogens with one attached hydrogen (secondary N) is 1. The molecule has 1 N–H and O–H groups in total. The van der Waals surface area contributed by atoms with E-state index in [1.165, 1.54) is 17.5 Å². The van der Waals surface area contributed by atoms with E-state index in [0.717, 1.165) is 32.7 Å². The van der Waals surface area contributed by atoms with E-state index in [-0.39, 0.29) is 0 Å². The Kier molecular flexibility index (Phi) is 6.86. The Bertz CT molecular complexity index is 257. The summed E-state index contributed by atoms with van der Waals surface area (Å²) in [6, 6.07) is 8.49. The molecule has 0 saturated heterocycles. The lowest BCUT2D eigenvalue weighted by molar-refractivity contribution is 0.121. The van der Waals surface area contributed by atoms with Crippen LogP contribution in [0.3, 0.4) is 0 Å². The van der Waals surface area contributed by atoms with Gasteiger partial charge < -0.3 is 10.1 Å². The number of hydrogen-bond acceptors (Lipinski definition) is 2. The molecule has 0 fully saturated rings. The van der Waals surface area contributed by atoms with Crippen LogP contribution in [0.5, 0.6) is 0 Å². The van der Waals surface area contributed by atoms with Crippen LogP contribution >= 0.6 is 0 Å². The molecule has 1 rings (SSSR count). The van der Waals surface area contributed by atoms with Crippen LogP contribution < -0.4 is 5.32 Å². The highest BCUT2D eigenvalue weighted by molar-refractivity contribution is 5.26. The van der Waals surface area contributed by atoms with Crippen LogP contribution in [0.15, 0.2) is 24.3 Å². The van der Waals surface area contributed by atoms with Gasteiger partial charge in [0.1, 0.15) is 0 Å². The van der Waals surface area contributed by atoms with Gasteiger partial charge in [-0.05, 0) is 30.5 Å². The van der Waals surface area contributed by atoms with Gasteiger partial charge >= 0.3 is 0 Å². The van der Waals surface area contributed by atoms with Gasteiger partial charge in [0.05, 0.1) is 6.61 Å². The van der Waals surface area contributed by atoms with Gasteiger partial charge in [-0.25, -0.2) is 0 Å². The topological polar surface area (TPSA) is 21.3 Å². The smallest absolute Gasteiger partial charge is 0.0720 e. The molecule has 0 radical (unpaired) electrons. The lowest BCUT2D eigenvalue weighted by atomic mass is 10.1. The van der Waals surface area contributed by atoms with Crippen molar-refractivity contribution in [1.29, 1.82) is 0 Å². The van der Waals surface area contributed by atoms with E-state index >= 15 is 0 Å². The molecule has 0 spiro atoms.